The lowest BCUT2D eigenvalue weighted by molar-refractivity contribution is 0.144. The summed E-state index contributed by atoms with van der Waals surface area (Å²) in [6, 6.07) is 6.93. The minimum Gasteiger partial charge on any atom is -0.490 e. The van der Waals surface area contributed by atoms with Gasteiger partial charge in [-0.15, -0.1) is 0 Å². The van der Waals surface area contributed by atoms with Crippen LogP contribution in [0.15, 0.2) is 18.2 Å². The first-order valence-electron chi connectivity index (χ1n) is 6.12. The Kier molecular flexibility index (Phi) is 3.49. The molecule has 1 aliphatic rings. The van der Waals surface area contributed by atoms with Crippen molar-refractivity contribution in [2.45, 2.75) is 45.8 Å². The number of piperidine rings is 1. The summed E-state index contributed by atoms with van der Waals surface area (Å²) in [5.74, 6) is 1.02. The van der Waals surface area contributed by atoms with E-state index in [0.717, 1.165) is 25.1 Å². The lowest BCUT2D eigenvalue weighted by Crippen LogP contribution is -2.40. The Hall–Kier alpha value is -1.02. The van der Waals surface area contributed by atoms with Crippen LogP contribution in [0.3, 0.4) is 0 Å². The van der Waals surface area contributed by atoms with Crippen LogP contribution in [0.4, 0.5) is 0 Å². The SMILES string of the molecule is Cc1ccc(OC2CCNC(C)C2)cc1C. The van der Waals surface area contributed by atoms with Crippen LogP contribution in [0, 0.1) is 13.8 Å². The van der Waals surface area contributed by atoms with Crippen LogP contribution < -0.4 is 10.1 Å². The minimum atomic E-state index is 0.373. The number of ether oxygens (including phenoxy) is 1. The first-order valence-corrected chi connectivity index (χ1v) is 6.12. The highest BCUT2D eigenvalue weighted by molar-refractivity contribution is 5.33. The molecule has 2 nitrogen and oxygen atoms in total. The third kappa shape index (κ3) is 2.76. The summed E-state index contributed by atoms with van der Waals surface area (Å²) in [5, 5.41) is 3.44. The highest BCUT2D eigenvalue weighted by Crippen LogP contribution is 2.21. The molecular formula is C14H21NO. The molecule has 0 aromatic heterocycles. The normalized spacial score (nSPS) is 25.4. The summed E-state index contributed by atoms with van der Waals surface area (Å²) in [6.45, 7) is 7.55. The van der Waals surface area contributed by atoms with Crippen molar-refractivity contribution in [1.29, 1.82) is 0 Å². The molecule has 2 unspecified atom stereocenters. The van der Waals surface area contributed by atoms with Gasteiger partial charge in [-0.25, -0.2) is 0 Å². The average molecular weight is 219 g/mol. The summed E-state index contributed by atoms with van der Waals surface area (Å²) >= 11 is 0. The van der Waals surface area contributed by atoms with Crippen LogP contribution in [0.25, 0.3) is 0 Å². The number of benzene rings is 1. The summed E-state index contributed by atoms with van der Waals surface area (Å²) in [7, 11) is 0. The Balaban J connectivity index is 2.00. The molecule has 0 amide bonds. The minimum absolute atomic E-state index is 0.373. The van der Waals surface area contributed by atoms with E-state index in [1.807, 2.05) is 0 Å². The second-order valence-electron chi connectivity index (χ2n) is 4.87. The van der Waals surface area contributed by atoms with Gasteiger partial charge in [0.1, 0.15) is 11.9 Å². The molecule has 0 saturated carbocycles. The van der Waals surface area contributed by atoms with Gasteiger partial charge < -0.3 is 10.1 Å². The molecule has 0 aliphatic carbocycles. The van der Waals surface area contributed by atoms with Crippen molar-refractivity contribution in [2.75, 3.05) is 6.54 Å². The van der Waals surface area contributed by atoms with E-state index in [0.29, 0.717) is 12.1 Å². The van der Waals surface area contributed by atoms with Crippen molar-refractivity contribution in [3.63, 3.8) is 0 Å². The molecule has 1 fully saturated rings. The van der Waals surface area contributed by atoms with Gasteiger partial charge in [-0.3, -0.25) is 0 Å². The number of aryl methyl sites for hydroxylation is 2. The van der Waals surface area contributed by atoms with Crippen LogP contribution in [-0.4, -0.2) is 18.7 Å². The zero-order chi connectivity index (χ0) is 11.5. The van der Waals surface area contributed by atoms with Gasteiger partial charge in [0, 0.05) is 6.04 Å². The Morgan fingerprint density at radius 3 is 2.75 bits per heavy atom. The maximum atomic E-state index is 6.02. The van der Waals surface area contributed by atoms with Crippen LogP contribution in [-0.2, 0) is 0 Å². The molecule has 1 saturated heterocycles. The van der Waals surface area contributed by atoms with Gasteiger partial charge in [0.05, 0.1) is 0 Å². The van der Waals surface area contributed by atoms with Crippen molar-refractivity contribution in [3.05, 3.63) is 29.3 Å². The van der Waals surface area contributed by atoms with Crippen LogP contribution >= 0.6 is 0 Å². The van der Waals surface area contributed by atoms with E-state index in [4.69, 9.17) is 4.74 Å². The lowest BCUT2D eigenvalue weighted by Gasteiger charge is -2.28. The average Bonchev–Trinajstić information content (AvgIpc) is 2.24. The van der Waals surface area contributed by atoms with Crippen LogP contribution in [0.5, 0.6) is 5.75 Å². The topological polar surface area (TPSA) is 21.3 Å². The van der Waals surface area contributed by atoms with E-state index < -0.39 is 0 Å². The molecule has 1 N–H and O–H groups in total. The van der Waals surface area contributed by atoms with E-state index in [1.54, 1.807) is 0 Å². The van der Waals surface area contributed by atoms with Crippen molar-refractivity contribution >= 4 is 0 Å². The number of hydrogen-bond donors (Lipinski definition) is 1. The van der Waals surface area contributed by atoms with E-state index in [9.17, 15) is 0 Å². The Labute approximate surface area is 98.0 Å². The number of hydrogen-bond acceptors (Lipinski definition) is 2. The van der Waals surface area contributed by atoms with E-state index in [-0.39, 0.29) is 0 Å². The quantitative estimate of drug-likeness (QED) is 0.826. The maximum absolute atomic E-state index is 6.02. The molecule has 88 valence electrons. The molecule has 2 heteroatoms. The van der Waals surface area contributed by atoms with Gasteiger partial charge in [-0.2, -0.15) is 0 Å². The zero-order valence-corrected chi connectivity index (χ0v) is 10.4. The molecule has 1 aromatic carbocycles. The molecule has 0 bridgehead atoms. The van der Waals surface area contributed by atoms with Gasteiger partial charge in [0.15, 0.2) is 0 Å². The van der Waals surface area contributed by atoms with Crippen molar-refractivity contribution in [1.82, 2.24) is 5.32 Å². The fourth-order valence-corrected chi connectivity index (χ4v) is 2.17. The first-order chi connectivity index (χ1) is 7.65. The monoisotopic (exact) mass is 219 g/mol. The largest absolute Gasteiger partial charge is 0.490 e. The van der Waals surface area contributed by atoms with Crippen LogP contribution in [0.2, 0.25) is 0 Å². The second kappa shape index (κ2) is 4.88. The predicted molar refractivity (Wildman–Crippen MR) is 67.0 cm³/mol. The maximum Gasteiger partial charge on any atom is 0.120 e. The zero-order valence-electron chi connectivity index (χ0n) is 10.4. The van der Waals surface area contributed by atoms with E-state index in [1.165, 1.54) is 11.1 Å². The third-order valence-corrected chi connectivity index (χ3v) is 3.36. The lowest BCUT2D eigenvalue weighted by atomic mass is 10.0. The second-order valence-corrected chi connectivity index (χ2v) is 4.87. The van der Waals surface area contributed by atoms with Gasteiger partial charge in [0.2, 0.25) is 0 Å². The molecule has 0 radical (unpaired) electrons. The summed E-state index contributed by atoms with van der Waals surface area (Å²) in [6.07, 6.45) is 2.59. The van der Waals surface area contributed by atoms with Gasteiger partial charge in [-0.1, -0.05) is 6.07 Å². The fourth-order valence-electron chi connectivity index (χ4n) is 2.17. The Bertz CT molecular complexity index is 362. The van der Waals surface area contributed by atoms with Gasteiger partial charge in [-0.05, 0) is 63.4 Å². The predicted octanol–water partition coefficient (Wildman–Crippen LogP) is 2.82. The summed E-state index contributed by atoms with van der Waals surface area (Å²) in [4.78, 5) is 0. The standard InChI is InChI=1S/C14H21NO/c1-10-4-5-13(8-11(10)2)16-14-6-7-15-12(3)9-14/h4-5,8,12,14-15H,6-7,9H2,1-3H3. The van der Waals surface area contributed by atoms with E-state index in [2.05, 4.69) is 44.3 Å². The number of rotatable bonds is 2. The molecule has 1 heterocycles. The molecule has 2 atom stereocenters. The molecule has 1 aromatic rings. The van der Waals surface area contributed by atoms with Gasteiger partial charge in [0.25, 0.3) is 0 Å². The van der Waals surface area contributed by atoms with Crippen molar-refractivity contribution in [3.8, 4) is 5.75 Å². The molecular weight excluding hydrogens is 198 g/mol. The van der Waals surface area contributed by atoms with E-state index >= 15 is 0 Å². The summed E-state index contributed by atoms with van der Waals surface area (Å²) < 4.78 is 6.02. The van der Waals surface area contributed by atoms with Crippen LogP contribution in [0.1, 0.15) is 30.9 Å². The van der Waals surface area contributed by atoms with Crippen molar-refractivity contribution in [2.24, 2.45) is 0 Å². The molecule has 0 spiro atoms. The highest BCUT2D eigenvalue weighted by Gasteiger charge is 2.19. The Morgan fingerprint density at radius 1 is 1.25 bits per heavy atom. The van der Waals surface area contributed by atoms with Crippen molar-refractivity contribution < 1.29 is 4.74 Å². The summed E-state index contributed by atoms with van der Waals surface area (Å²) in [5.41, 5.74) is 2.63. The highest BCUT2D eigenvalue weighted by atomic mass is 16.5. The first kappa shape index (κ1) is 11.5. The Morgan fingerprint density at radius 2 is 2.06 bits per heavy atom. The smallest absolute Gasteiger partial charge is 0.120 e. The fraction of sp³-hybridized carbons (Fsp3) is 0.571. The molecule has 2 rings (SSSR count). The third-order valence-electron chi connectivity index (χ3n) is 3.36. The molecule has 16 heavy (non-hydrogen) atoms. The molecule has 1 aliphatic heterocycles. The number of nitrogens with one attached hydrogen (secondary N) is 1. The van der Waals surface area contributed by atoms with Gasteiger partial charge >= 0.3 is 0 Å².